The molecule has 4 rings (SSSR count). The Kier molecular flexibility index (Phi) is 5.11. The molecule has 1 heterocycles. The topological polar surface area (TPSA) is 49.4 Å². The van der Waals surface area contributed by atoms with Crippen molar-refractivity contribution in [1.82, 2.24) is 5.32 Å². The Balaban J connectivity index is 1.35. The molecular formula is C22H22F2N2O2. The Morgan fingerprint density at radius 2 is 1.86 bits per heavy atom. The Morgan fingerprint density at radius 1 is 1.11 bits per heavy atom. The number of nitrogens with one attached hydrogen (secondary N) is 1. The maximum absolute atomic E-state index is 13.7. The number of halogens is 2. The summed E-state index contributed by atoms with van der Waals surface area (Å²) >= 11 is 0. The first-order valence-corrected chi connectivity index (χ1v) is 9.65. The minimum absolute atomic E-state index is 0.0370. The van der Waals surface area contributed by atoms with Gasteiger partial charge in [-0.25, -0.2) is 8.78 Å². The van der Waals surface area contributed by atoms with Crippen LogP contribution in [0.5, 0.6) is 0 Å². The second kappa shape index (κ2) is 7.70. The van der Waals surface area contributed by atoms with Crippen molar-refractivity contribution in [3.05, 3.63) is 64.7 Å². The van der Waals surface area contributed by atoms with Crippen molar-refractivity contribution < 1.29 is 18.4 Å². The molecule has 1 aliphatic heterocycles. The first-order valence-electron chi connectivity index (χ1n) is 9.65. The van der Waals surface area contributed by atoms with E-state index in [1.54, 1.807) is 4.90 Å². The fraction of sp³-hybridized carbons (Fsp3) is 0.364. The molecule has 2 aromatic carbocycles. The highest BCUT2D eigenvalue weighted by molar-refractivity contribution is 6.00. The summed E-state index contributed by atoms with van der Waals surface area (Å²) in [6, 6.07) is 9.78. The van der Waals surface area contributed by atoms with Crippen molar-refractivity contribution in [2.45, 2.75) is 32.1 Å². The minimum atomic E-state index is -0.618. The molecule has 2 aromatic rings. The number of amides is 2. The van der Waals surface area contributed by atoms with E-state index in [4.69, 9.17) is 0 Å². The minimum Gasteiger partial charge on any atom is -0.355 e. The van der Waals surface area contributed by atoms with E-state index in [2.05, 4.69) is 17.4 Å². The van der Waals surface area contributed by atoms with Crippen LogP contribution in [0.15, 0.2) is 36.4 Å². The van der Waals surface area contributed by atoms with E-state index in [1.165, 1.54) is 29.3 Å². The van der Waals surface area contributed by atoms with Gasteiger partial charge >= 0.3 is 0 Å². The lowest BCUT2D eigenvalue weighted by molar-refractivity contribution is -0.126. The predicted octanol–water partition coefficient (Wildman–Crippen LogP) is 3.17. The molecule has 2 amide bonds. The molecule has 6 heteroatoms. The molecule has 1 fully saturated rings. The molecule has 0 spiro atoms. The fourth-order valence-electron chi connectivity index (χ4n) is 4.09. The van der Waals surface area contributed by atoms with Gasteiger partial charge in [0.15, 0.2) is 0 Å². The van der Waals surface area contributed by atoms with Crippen LogP contribution >= 0.6 is 0 Å². The quantitative estimate of drug-likeness (QED) is 0.861. The molecule has 146 valence electrons. The number of benzene rings is 2. The molecule has 1 N–H and O–H groups in total. The zero-order chi connectivity index (χ0) is 19.7. The van der Waals surface area contributed by atoms with E-state index in [-0.39, 0.29) is 36.8 Å². The normalized spacial score (nSPS) is 18.4. The first kappa shape index (κ1) is 18.6. The molecule has 1 saturated heterocycles. The maximum atomic E-state index is 13.7. The lowest BCUT2D eigenvalue weighted by Crippen LogP contribution is -2.34. The molecule has 4 nitrogen and oxygen atoms in total. The van der Waals surface area contributed by atoms with Gasteiger partial charge in [-0.3, -0.25) is 9.59 Å². The average molecular weight is 384 g/mol. The number of fused-ring (bicyclic) bond motifs is 1. The van der Waals surface area contributed by atoms with Crippen LogP contribution in [0.3, 0.4) is 0 Å². The number of hydrogen-bond donors (Lipinski definition) is 1. The number of carbonyl (C=O) groups is 2. The Morgan fingerprint density at radius 3 is 2.64 bits per heavy atom. The SMILES string of the molecule is O=C(NCCc1c(F)cccc1F)[C@@H]1CC(=O)N(c2ccc3c(c2)CCC3)C1. The third kappa shape index (κ3) is 3.63. The fourth-order valence-corrected chi connectivity index (χ4v) is 4.09. The smallest absolute Gasteiger partial charge is 0.227 e. The average Bonchev–Trinajstić information content (AvgIpc) is 3.29. The highest BCUT2D eigenvalue weighted by atomic mass is 19.1. The summed E-state index contributed by atoms with van der Waals surface area (Å²) in [5.41, 5.74) is 3.43. The van der Waals surface area contributed by atoms with E-state index in [1.807, 2.05) is 6.07 Å². The number of rotatable bonds is 5. The maximum Gasteiger partial charge on any atom is 0.227 e. The summed E-state index contributed by atoms with van der Waals surface area (Å²) in [5, 5.41) is 2.71. The number of nitrogens with zero attached hydrogens (tertiary/aromatic N) is 1. The van der Waals surface area contributed by atoms with Crippen molar-refractivity contribution in [2.24, 2.45) is 5.92 Å². The highest BCUT2D eigenvalue weighted by Crippen LogP contribution is 2.30. The van der Waals surface area contributed by atoms with Gasteiger partial charge in [0.2, 0.25) is 11.8 Å². The predicted molar refractivity (Wildman–Crippen MR) is 102 cm³/mol. The molecule has 28 heavy (non-hydrogen) atoms. The van der Waals surface area contributed by atoms with Crippen LogP contribution in [0.25, 0.3) is 0 Å². The molecule has 0 aromatic heterocycles. The van der Waals surface area contributed by atoms with E-state index in [0.717, 1.165) is 24.9 Å². The second-order valence-corrected chi connectivity index (χ2v) is 7.45. The van der Waals surface area contributed by atoms with Crippen LogP contribution in [0.1, 0.15) is 29.5 Å². The van der Waals surface area contributed by atoms with Gasteiger partial charge in [0, 0.05) is 30.8 Å². The molecule has 0 bridgehead atoms. The number of carbonyl (C=O) groups excluding carboxylic acids is 2. The summed E-state index contributed by atoms with van der Waals surface area (Å²) in [5.74, 6) is -2.01. The summed E-state index contributed by atoms with van der Waals surface area (Å²) in [6.45, 7) is 0.456. The largest absolute Gasteiger partial charge is 0.355 e. The zero-order valence-corrected chi connectivity index (χ0v) is 15.5. The van der Waals surface area contributed by atoms with E-state index in [9.17, 15) is 18.4 Å². The number of aryl methyl sites for hydroxylation is 2. The molecule has 0 unspecified atom stereocenters. The van der Waals surface area contributed by atoms with E-state index >= 15 is 0 Å². The van der Waals surface area contributed by atoms with Gasteiger partial charge in [0.1, 0.15) is 11.6 Å². The first-order chi connectivity index (χ1) is 13.5. The summed E-state index contributed by atoms with van der Waals surface area (Å²) < 4.78 is 27.3. The van der Waals surface area contributed by atoms with Gasteiger partial charge in [0.05, 0.1) is 5.92 Å². The van der Waals surface area contributed by atoms with Crippen LogP contribution < -0.4 is 10.2 Å². The van der Waals surface area contributed by atoms with Crippen molar-refractivity contribution in [3.63, 3.8) is 0 Å². The van der Waals surface area contributed by atoms with Crippen molar-refractivity contribution in [1.29, 1.82) is 0 Å². The number of anilines is 1. The third-order valence-electron chi connectivity index (χ3n) is 5.63. The number of hydrogen-bond acceptors (Lipinski definition) is 2. The highest BCUT2D eigenvalue weighted by Gasteiger charge is 2.35. The van der Waals surface area contributed by atoms with Gasteiger partial charge in [-0.2, -0.15) is 0 Å². The van der Waals surface area contributed by atoms with E-state index in [0.29, 0.717) is 6.54 Å². The molecule has 1 aliphatic carbocycles. The van der Waals surface area contributed by atoms with Crippen molar-refractivity contribution in [3.8, 4) is 0 Å². The van der Waals surface area contributed by atoms with Gasteiger partial charge in [-0.15, -0.1) is 0 Å². The van der Waals surface area contributed by atoms with Crippen molar-refractivity contribution in [2.75, 3.05) is 18.0 Å². The van der Waals surface area contributed by atoms with Gasteiger partial charge in [-0.1, -0.05) is 12.1 Å². The summed E-state index contributed by atoms with van der Waals surface area (Å²) in [4.78, 5) is 26.5. The Labute approximate surface area is 162 Å². The second-order valence-electron chi connectivity index (χ2n) is 7.45. The monoisotopic (exact) mass is 384 g/mol. The van der Waals surface area contributed by atoms with Crippen molar-refractivity contribution >= 4 is 17.5 Å². The molecule has 2 aliphatic rings. The van der Waals surface area contributed by atoms with Crippen LogP contribution in [-0.2, 0) is 28.9 Å². The van der Waals surface area contributed by atoms with Gasteiger partial charge < -0.3 is 10.2 Å². The lowest BCUT2D eigenvalue weighted by atomic mass is 10.1. The molecule has 0 saturated carbocycles. The Bertz CT molecular complexity index is 908. The zero-order valence-electron chi connectivity index (χ0n) is 15.5. The molecular weight excluding hydrogens is 362 g/mol. The molecule has 0 radical (unpaired) electrons. The Hall–Kier alpha value is -2.76. The molecule has 1 atom stereocenters. The third-order valence-corrected chi connectivity index (χ3v) is 5.63. The van der Waals surface area contributed by atoms with Gasteiger partial charge in [0.25, 0.3) is 0 Å². The van der Waals surface area contributed by atoms with Crippen LogP contribution in [0.2, 0.25) is 0 Å². The summed E-state index contributed by atoms with van der Waals surface area (Å²) in [7, 11) is 0. The van der Waals surface area contributed by atoms with Crippen LogP contribution in [0.4, 0.5) is 14.5 Å². The van der Waals surface area contributed by atoms with Gasteiger partial charge in [-0.05, 0) is 61.1 Å². The lowest BCUT2D eigenvalue weighted by Gasteiger charge is -2.18. The van der Waals surface area contributed by atoms with Crippen LogP contribution in [0, 0.1) is 17.6 Å². The van der Waals surface area contributed by atoms with Crippen LogP contribution in [-0.4, -0.2) is 24.9 Å². The summed E-state index contributed by atoms with van der Waals surface area (Å²) in [6.07, 6.45) is 3.47. The van der Waals surface area contributed by atoms with E-state index < -0.39 is 17.6 Å². The standard InChI is InChI=1S/C22H22F2N2O2/c23-19-5-2-6-20(24)18(19)9-10-25-22(28)16-12-21(27)26(13-16)17-8-7-14-3-1-4-15(14)11-17/h2,5-8,11,16H,1,3-4,9-10,12-13H2,(H,25,28)/t16-/m1/s1.